The Morgan fingerprint density at radius 2 is 1.94 bits per heavy atom. The third kappa shape index (κ3) is 4.75. The molecular formula is C14H22N2O2. The number of amides is 1. The Labute approximate surface area is 109 Å². The second kappa shape index (κ2) is 7.01. The lowest BCUT2D eigenvalue weighted by Gasteiger charge is -2.31. The lowest BCUT2D eigenvalue weighted by molar-refractivity contribution is 0.164. The third-order valence-electron chi connectivity index (χ3n) is 3.07. The van der Waals surface area contributed by atoms with Gasteiger partial charge in [0.2, 0.25) is 0 Å². The summed E-state index contributed by atoms with van der Waals surface area (Å²) >= 11 is 0. The molecule has 0 bridgehead atoms. The van der Waals surface area contributed by atoms with Crippen molar-refractivity contribution in [1.29, 1.82) is 0 Å². The van der Waals surface area contributed by atoms with E-state index in [4.69, 9.17) is 5.11 Å². The minimum atomic E-state index is -0.964. The molecule has 4 nitrogen and oxygen atoms in total. The summed E-state index contributed by atoms with van der Waals surface area (Å²) in [5.41, 5.74) is 1.24. The first-order valence-electron chi connectivity index (χ1n) is 6.21. The van der Waals surface area contributed by atoms with E-state index in [9.17, 15) is 4.79 Å². The first-order chi connectivity index (χ1) is 8.50. The number of nitrogens with zero attached hydrogens (tertiary/aromatic N) is 1. The van der Waals surface area contributed by atoms with Gasteiger partial charge in [0.05, 0.1) is 0 Å². The zero-order valence-corrected chi connectivity index (χ0v) is 11.3. The molecule has 1 unspecified atom stereocenters. The zero-order valence-electron chi connectivity index (χ0n) is 11.3. The highest BCUT2D eigenvalue weighted by atomic mass is 16.4. The highest BCUT2D eigenvalue weighted by Gasteiger charge is 2.19. The summed E-state index contributed by atoms with van der Waals surface area (Å²) in [6, 6.07) is 10.4. The van der Waals surface area contributed by atoms with Crippen LogP contribution >= 0.6 is 0 Å². The summed E-state index contributed by atoms with van der Waals surface area (Å²) < 4.78 is 0. The molecule has 0 fully saturated rings. The molecule has 0 heterocycles. The van der Waals surface area contributed by atoms with Crippen LogP contribution in [0.25, 0.3) is 0 Å². The van der Waals surface area contributed by atoms with Gasteiger partial charge in [-0.2, -0.15) is 0 Å². The van der Waals surface area contributed by atoms with Crippen LogP contribution in [0, 0.1) is 5.92 Å². The lowest BCUT2D eigenvalue weighted by Crippen LogP contribution is -2.44. The van der Waals surface area contributed by atoms with E-state index < -0.39 is 6.09 Å². The first-order valence-corrected chi connectivity index (χ1v) is 6.21. The number of nitrogens with one attached hydrogen (secondary N) is 1. The predicted octanol–water partition coefficient (Wildman–Crippen LogP) is 2.41. The molecule has 0 aliphatic heterocycles. The Bertz CT molecular complexity index is 365. The van der Waals surface area contributed by atoms with Crippen LogP contribution in [-0.2, 0) is 6.54 Å². The Kier molecular flexibility index (Phi) is 5.65. The van der Waals surface area contributed by atoms with Gasteiger partial charge in [-0.05, 0) is 18.5 Å². The topological polar surface area (TPSA) is 52.6 Å². The number of carboxylic acid groups (broad SMARTS) is 1. The second-order valence-electron chi connectivity index (χ2n) is 4.90. The highest BCUT2D eigenvalue weighted by molar-refractivity contribution is 5.64. The number of hydrogen-bond acceptors (Lipinski definition) is 2. The average molecular weight is 250 g/mol. The maximum absolute atomic E-state index is 10.6. The summed E-state index contributed by atoms with van der Waals surface area (Å²) in [4.78, 5) is 12.8. The van der Waals surface area contributed by atoms with E-state index in [1.165, 1.54) is 5.56 Å². The van der Waals surface area contributed by atoms with Crippen molar-refractivity contribution in [2.24, 2.45) is 5.92 Å². The van der Waals surface area contributed by atoms with E-state index in [0.29, 0.717) is 12.5 Å². The van der Waals surface area contributed by atoms with Crippen molar-refractivity contribution in [2.45, 2.75) is 26.4 Å². The molecule has 100 valence electrons. The molecule has 1 rings (SSSR count). The van der Waals surface area contributed by atoms with E-state index in [0.717, 1.165) is 6.54 Å². The maximum Gasteiger partial charge on any atom is 0.404 e. The predicted molar refractivity (Wildman–Crippen MR) is 72.6 cm³/mol. The fourth-order valence-electron chi connectivity index (χ4n) is 2.08. The molecule has 0 aromatic heterocycles. The van der Waals surface area contributed by atoms with E-state index in [-0.39, 0.29) is 6.04 Å². The molecule has 0 aliphatic carbocycles. The number of carbonyl (C=O) groups is 1. The van der Waals surface area contributed by atoms with Gasteiger partial charge in [0.15, 0.2) is 0 Å². The van der Waals surface area contributed by atoms with Crippen molar-refractivity contribution in [3.8, 4) is 0 Å². The molecule has 0 aliphatic rings. The summed E-state index contributed by atoms with van der Waals surface area (Å²) in [7, 11) is 2.03. The van der Waals surface area contributed by atoms with E-state index >= 15 is 0 Å². The van der Waals surface area contributed by atoms with Crippen molar-refractivity contribution in [3.05, 3.63) is 35.9 Å². The minimum Gasteiger partial charge on any atom is -0.465 e. The van der Waals surface area contributed by atoms with Crippen LogP contribution in [0.3, 0.4) is 0 Å². The Morgan fingerprint density at radius 1 is 1.33 bits per heavy atom. The fourth-order valence-corrected chi connectivity index (χ4v) is 2.08. The van der Waals surface area contributed by atoms with Gasteiger partial charge in [-0.3, -0.25) is 4.90 Å². The van der Waals surface area contributed by atoms with Crippen LogP contribution in [0.15, 0.2) is 30.3 Å². The minimum absolute atomic E-state index is 0.196. The molecular weight excluding hydrogens is 228 g/mol. The van der Waals surface area contributed by atoms with Crippen molar-refractivity contribution in [1.82, 2.24) is 10.2 Å². The van der Waals surface area contributed by atoms with Crippen LogP contribution in [0.4, 0.5) is 4.79 Å². The molecule has 1 atom stereocenters. The third-order valence-corrected chi connectivity index (χ3v) is 3.07. The summed E-state index contributed by atoms with van der Waals surface area (Å²) in [6.07, 6.45) is -0.964. The molecule has 1 aromatic carbocycles. The second-order valence-corrected chi connectivity index (χ2v) is 4.90. The van der Waals surface area contributed by atoms with Crippen molar-refractivity contribution in [2.75, 3.05) is 13.6 Å². The molecule has 2 N–H and O–H groups in total. The number of likely N-dealkylation sites (N-methyl/N-ethyl adjacent to an activating group) is 1. The SMILES string of the molecule is CC(C)C(CNC(=O)O)N(C)Cc1ccccc1. The smallest absolute Gasteiger partial charge is 0.404 e. The van der Waals surface area contributed by atoms with Gasteiger partial charge in [-0.15, -0.1) is 0 Å². The van der Waals surface area contributed by atoms with Gasteiger partial charge in [0.25, 0.3) is 0 Å². The quantitative estimate of drug-likeness (QED) is 0.815. The summed E-state index contributed by atoms with van der Waals surface area (Å²) in [5, 5.41) is 11.2. The number of rotatable bonds is 6. The standard InChI is InChI=1S/C14H22N2O2/c1-11(2)13(9-15-14(17)18)16(3)10-12-7-5-4-6-8-12/h4-8,11,13,15H,9-10H2,1-3H3,(H,17,18). The van der Waals surface area contributed by atoms with Crippen molar-refractivity contribution in [3.63, 3.8) is 0 Å². The molecule has 18 heavy (non-hydrogen) atoms. The Hall–Kier alpha value is -1.55. The largest absolute Gasteiger partial charge is 0.465 e. The van der Waals surface area contributed by atoms with Crippen molar-refractivity contribution < 1.29 is 9.90 Å². The highest BCUT2D eigenvalue weighted by Crippen LogP contribution is 2.12. The Morgan fingerprint density at radius 3 is 2.44 bits per heavy atom. The molecule has 0 saturated heterocycles. The summed E-state index contributed by atoms with van der Waals surface area (Å²) in [5.74, 6) is 0.394. The lowest BCUT2D eigenvalue weighted by atomic mass is 10.0. The number of benzene rings is 1. The molecule has 4 heteroatoms. The summed E-state index contributed by atoms with van der Waals surface area (Å²) in [6.45, 7) is 5.49. The monoisotopic (exact) mass is 250 g/mol. The van der Waals surface area contributed by atoms with Gasteiger partial charge in [0, 0.05) is 19.1 Å². The molecule has 1 aromatic rings. The average Bonchev–Trinajstić information content (AvgIpc) is 2.29. The Balaban J connectivity index is 2.59. The first kappa shape index (κ1) is 14.5. The van der Waals surface area contributed by atoms with Gasteiger partial charge in [-0.25, -0.2) is 4.79 Å². The molecule has 1 amide bonds. The number of hydrogen-bond donors (Lipinski definition) is 2. The zero-order chi connectivity index (χ0) is 13.5. The van der Waals surface area contributed by atoms with Crippen LogP contribution in [0.2, 0.25) is 0 Å². The fraction of sp³-hybridized carbons (Fsp3) is 0.500. The van der Waals surface area contributed by atoms with Crippen LogP contribution < -0.4 is 5.32 Å². The maximum atomic E-state index is 10.6. The van der Waals surface area contributed by atoms with E-state index in [2.05, 4.69) is 36.2 Å². The van der Waals surface area contributed by atoms with Crippen molar-refractivity contribution >= 4 is 6.09 Å². The molecule has 0 radical (unpaired) electrons. The van der Waals surface area contributed by atoms with Gasteiger partial charge < -0.3 is 10.4 Å². The van der Waals surface area contributed by atoms with Crippen LogP contribution in [-0.4, -0.2) is 35.7 Å². The van der Waals surface area contributed by atoms with Gasteiger partial charge in [0.1, 0.15) is 0 Å². The van der Waals surface area contributed by atoms with Crippen LogP contribution in [0.1, 0.15) is 19.4 Å². The van der Waals surface area contributed by atoms with Crippen LogP contribution in [0.5, 0.6) is 0 Å². The van der Waals surface area contributed by atoms with E-state index in [1.54, 1.807) is 0 Å². The van der Waals surface area contributed by atoms with E-state index in [1.807, 2.05) is 25.2 Å². The van der Waals surface area contributed by atoms with Gasteiger partial charge in [-0.1, -0.05) is 44.2 Å². The van der Waals surface area contributed by atoms with Gasteiger partial charge >= 0.3 is 6.09 Å². The normalized spacial score (nSPS) is 12.7. The molecule has 0 spiro atoms. The molecule has 0 saturated carbocycles.